The van der Waals surface area contributed by atoms with E-state index in [2.05, 4.69) is 24.4 Å². The Morgan fingerprint density at radius 3 is 2.50 bits per heavy atom. The molecule has 0 fully saturated rings. The van der Waals surface area contributed by atoms with Crippen LogP contribution in [-0.4, -0.2) is 17.8 Å². The number of hydrogen-bond donors (Lipinski definition) is 2. The van der Waals surface area contributed by atoms with Gasteiger partial charge >= 0.3 is 0 Å². The smallest absolute Gasteiger partial charge is 0.125 e. The van der Waals surface area contributed by atoms with Crippen molar-refractivity contribution in [2.45, 2.75) is 25.4 Å². The maximum atomic E-state index is 9.33. The van der Waals surface area contributed by atoms with E-state index in [0.29, 0.717) is 0 Å². The minimum absolute atomic E-state index is 0.0155. The van der Waals surface area contributed by atoms with Crippen LogP contribution in [0, 0.1) is 0 Å². The molecule has 0 aliphatic carbocycles. The first-order chi connectivity index (χ1) is 8.85. The molecule has 3 heteroatoms. The number of hydrogen-bond acceptors (Lipinski definition) is 3. The van der Waals surface area contributed by atoms with E-state index in [-0.39, 0.29) is 18.7 Å². The van der Waals surface area contributed by atoms with Crippen molar-refractivity contribution in [2.75, 3.05) is 6.61 Å². The third-order valence-corrected chi connectivity index (χ3v) is 3.08. The summed E-state index contributed by atoms with van der Waals surface area (Å²) in [5.41, 5.74) is 1.14. The fraction of sp³-hybridized carbons (Fsp3) is 0.333. The largest absolute Gasteiger partial charge is 0.467 e. The van der Waals surface area contributed by atoms with Crippen LogP contribution >= 0.6 is 0 Å². The number of furan rings is 1. The molecule has 0 radical (unpaired) electrons. The van der Waals surface area contributed by atoms with E-state index in [0.717, 1.165) is 17.7 Å². The van der Waals surface area contributed by atoms with Gasteiger partial charge in [0.25, 0.3) is 0 Å². The summed E-state index contributed by atoms with van der Waals surface area (Å²) in [6.45, 7) is 2.18. The first-order valence-electron chi connectivity index (χ1n) is 6.30. The molecule has 0 saturated heterocycles. The minimum Gasteiger partial charge on any atom is -0.467 e. The molecule has 0 aliphatic rings. The lowest BCUT2D eigenvalue weighted by Gasteiger charge is -2.22. The Morgan fingerprint density at radius 1 is 1.17 bits per heavy atom. The van der Waals surface area contributed by atoms with Crippen LogP contribution in [0.5, 0.6) is 0 Å². The normalized spacial score (nSPS) is 14.3. The van der Waals surface area contributed by atoms with E-state index in [1.54, 1.807) is 6.26 Å². The summed E-state index contributed by atoms with van der Waals surface area (Å²) in [7, 11) is 0. The Morgan fingerprint density at radius 2 is 1.94 bits per heavy atom. The van der Waals surface area contributed by atoms with Gasteiger partial charge in [-0.2, -0.15) is 0 Å². The van der Waals surface area contributed by atoms with E-state index in [4.69, 9.17) is 4.42 Å². The molecule has 0 bridgehead atoms. The van der Waals surface area contributed by atoms with Crippen LogP contribution in [0.25, 0.3) is 0 Å². The van der Waals surface area contributed by atoms with Gasteiger partial charge in [-0.1, -0.05) is 37.3 Å². The second-order valence-corrected chi connectivity index (χ2v) is 4.31. The van der Waals surface area contributed by atoms with Gasteiger partial charge in [0.15, 0.2) is 0 Å². The van der Waals surface area contributed by atoms with Crippen LogP contribution in [0.15, 0.2) is 53.1 Å². The summed E-state index contributed by atoms with van der Waals surface area (Å²) in [6, 6.07) is 14.0. The summed E-state index contributed by atoms with van der Waals surface area (Å²) < 4.78 is 5.50. The van der Waals surface area contributed by atoms with Gasteiger partial charge in [-0.15, -0.1) is 0 Å². The molecule has 0 amide bonds. The van der Waals surface area contributed by atoms with E-state index in [1.165, 1.54) is 0 Å². The molecule has 0 aliphatic heterocycles. The van der Waals surface area contributed by atoms with Crippen LogP contribution in [-0.2, 0) is 0 Å². The predicted octanol–water partition coefficient (Wildman–Crippen LogP) is 2.73. The van der Waals surface area contributed by atoms with Crippen molar-refractivity contribution >= 4 is 0 Å². The number of benzene rings is 1. The molecule has 1 aromatic heterocycles. The first kappa shape index (κ1) is 12.9. The number of rotatable bonds is 6. The molecular weight excluding hydrogens is 226 g/mol. The fourth-order valence-corrected chi connectivity index (χ4v) is 1.98. The highest BCUT2D eigenvalue weighted by Gasteiger charge is 2.19. The molecule has 2 aromatic rings. The summed E-state index contributed by atoms with van der Waals surface area (Å²) in [6.07, 6.45) is 2.55. The lowest BCUT2D eigenvalue weighted by atomic mass is 10.0. The van der Waals surface area contributed by atoms with Crippen molar-refractivity contribution in [1.29, 1.82) is 0 Å². The number of aliphatic hydroxyl groups excluding tert-OH is 1. The number of nitrogens with one attached hydrogen (secondary N) is 1. The van der Waals surface area contributed by atoms with Crippen molar-refractivity contribution < 1.29 is 9.52 Å². The van der Waals surface area contributed by atoms with Crippen LogP contribution in [0.4, 0.5) is 0 Å². The van der Waals surface area contributed by atoms with Crippen molar-refractivity contribution in [3.8, 4) is 0 Å². The van der Waals surface area contributed by atoms with Crippen molar-refractivity contribution in [3.05, 3.63) is 60.1 Å². The van der Waals surface area contributed by atoms with Gasteiger partial charge in [-0.05, 0) is 24.1 Å². The standard InChI is InChI=1S/C15H19NO2/c1-2-13(11-17)16-15(14-9-6-10-18-14)12-7-4-3-5-8-12/h3-10,13,15-17H,2,11H2,1H3. The number of aliphatic hydroxyl groups is 1. The van der Waals surface area contributed by atoms with Crippen molar-refractivity contribution in [1.82, 2.24) is 5.32 Å². The highest BCUT2D eigenvalue weighted by molar-refractivity contribution is 5.26. The first-order valence-corrected chi connectivity index (χ1v) is 6.30. The maximum absolute atomic E-state index is 9.33. The summed E-state index contributed by atoms with van der Waals surface area (Å²) >= 11 is 0. The molecule has 0 spiro atoms. The lowest BCUT2D eigenvalue weighted by Crippen LogP contribution is -2.35. The zero-order chi connectivity index (χ0) is 12.8. The van der Waals surface area contributed by atoms with Crippen LogP contribution in [0.3, 0.4) is 0 Å². The third-order valence-electron chi connectivity index (χ3n) is 3.08. The highest BCUT2D eigenvalue weighted by atomic mass is 16.3. The van der Waals surface area contributed by atoms with E-state index >= 15 is 0 Å². The second kappa shape index (κ2) is 6.38. The van der Waals surface area contributed by atoms with E-state index in [1.807, 2.05) is 30.3 Å². The summed E-state index contributed by atoms with van der Waals surface area (Å²) in [5, 5.41) is 12.8. The molecular formula is C15H19NO2. The lowest BCUT2D eigenvalue weighted by molar-refractivity contribution is 0.228. The molecule has 18 heavy (non-hydrogen) atoms. The Kier molecular flexibility index (Phi) is 4.56. The van der Waals surface area contributed by atoms with Gasteiger partial charge in [0.2, 0.25) is 0 Å². The fourth-order valence-electron chi connectivity index (χ4n) is 1.98. The predicted molar refractivity (Wildman–Crippen MR) is 71.3 cm³/mol. The SMILES string of the molecule is CCC(CO)NC(c1ccccc1)c1ccco1. The molecule has 3 nitrogen and oxygen atoms in total. The zero-order valence-corrected chi connectivity index (χ0v) is 10.5. The average molecular weight is 245 g/mol. The van der Waals surface area contributed by atoms with Crippen LogP contribution in [0.1, 0.15) is 30.7 Å². The van der Waals surface area contributed by atoms with Crippen molar-refractivity contribution in [2.24, 2.45) is 0 Å². The monoisotopic (exact) mass is 245 g/mol. The van der Waals surface area contributed by atoms with Gasteiger partial charge in [0.05, 0.1) is 18.9 Å². The molecule has 2 N–H and O–H groups in total. The topological polar surface area (TPSA) is 45.4 Å². The Hall–Kier alpha value is -1.58. The molecule has 1 heterocycles. The zero-order valence-electron chi connectivity index (χ0n) is 10.5. The molecule has 0 saturated carbocycles. The summed E-state index contributed by atoms with van der Waals surface area (Å²) in [5.74, 6) is 0.869. The van der Waals surface area contributed by atoms with Gasteiger partial charge < -0.3 is 9.52 Å². The Balaban J connectivity index is 2.24. The minimum atomic E-state index is -0.0155. The van der Waals surface area contributed by atoms with Gasteiger partial charge in [0, 0.05) is 6.04 Å². The molecule has 2 rings (SSSR count). The van der Waals surface area contributed by atoms with E-state index < -0.39 is 0 Å². The van der Waals surface area contributed by atoms with Gasteiger partial charge in [0.1, 0.15) is 5.76 Å². The maximum Gasteiger partial charge on any atom is 0.125 e. The highest BCUT2D eigenvalue weighted by Crippen LogP contribution is 2.23. The average Bonchev–Trinajstić information content (AvgIpc) is 2.95. The Labute approximate surface area is 107 Å². The van der Waals surface area contributed by atoms with Crippen LogP contribution < -0.4 is 5.32 Å². The third kappa shape index (κ3) is 3.00. The van der Waals surface area contributed by atoms with Crippen molar-refractivity contribution in [3.63, 3.8) is 0 Å². The molecule has 1 aromatic carbocycles. The molecule has 2 unspecified atom stereocenters. The van der Waals surface area contributed by atoms with E-state index in [9.17, 15) is 5.11 Å². The Bertz CT molecular complexity index is 435. The molecule has 96 valence electrons. The molecule has 2 atom stereocenters. The van der Waals surface area contributed by atoms with Gasteiger partial charge in [-0.25, -0.2) is 0 Å². The van der Waals surface area contributed by atoms with Crippen LogP contribution in [0.2, 0.25) is 0 Å². The quantitative estimate of drug-likeness (QED) is 0.822. The summed E-state index contributed by atoms with van der Waals surface area (Å²) in [4.78, 5) is 0. The second-order valence-electron chi connectivity index (χ2n) is 4.31. The van der Waals surface area contributed by atoms with Gasteiger partial charge in [-0.3, -0.25) is 5.32 Å².